The van der Waals surface area contributed by atoms with Crippen molar-refractivity contribution in [3.05, 3.63) is 35.4 Å². The molecule has 0 unspecified atom stereocenters. The average molecular weight is 369 g/mol. The van der Waals surface area contributed by atoms with Crippen LogP contribution in [0, 0.1) is 5.92 Å². The normalized spacial score (nSPS) is 32.0. The second-order valence-electron chi connectivity index (χ2n) is 7.37. The van der Waals surface area contributed by atoms with Crippen molar-refractivity contribution in [1.82, 2.24) is 4.90 Å². The maximum atomic E-state index is 13.1. The summed E-state index contributed by atoms with van der Waals surface area (Å²) in [4.78, 5) is 14.7. The van der Waals surface area contributed by atoms with Gasteiger partial charge in [0.2, 0.25) is 0 Å². The number of ether oxygens (including phenoxy) is 2. The van der Waals surface area contributed by atoms with Gasteiger partial charge in [0.25, 0.3) is 0 Å². The Balaban J connectivity index is 1.29. The number of halogens is 3. The van der Waals surface area contributed by atoms with E-state index in [0.29, 0.717) is 12.5 Å². The first-order valence-electron chi connectivity index (χ1n) is 9.12. The Labute approximate surface area is 150 Å². The van der Waals surface area contributed by atoms with Crippen LogP contribution in [0.1, 0.15) is 36.3 Å². The van der Waals surface area contributed by atoms with Crippen LogP contribution < -0.4 is 0 Å². The molecular formula is C19H22F3NO3. The van der Waals surface area contributed by atoms with Crippen molar-refractivity contribution in [2.24, 2.45) is 5.92 Å². The van der Waals surface area contributed by atoms with Crippen molar-refractivity contribution in [2.75, 3.05) is 26.3 Å². The van der Waals surface area contributed by atoms with Crippen LogP contribution in [0.5, 0.6) is 0 Å². The average Bonchev–Trinajstić information content (AvgIpc) is 3.38. The Morgan fingerprint density at radius 1 is 1.12 bits per heavy atom. The van der Waals surface area contributed by atoms with Gasteiger partial charge in [-0.15, -0.1) is 0 Å². The van der Waals surface area contributed by atoms with Crippen molar-refractivity contribution in [3.8, 4) is 0 Å². The first kappa shape index (κ1) is 17.8. The van der Waals surface area contributed by atoms with Gasteiger partial charge >= 0.3 is 12.1 Å². The molecule has 1 aliphatic heterocycles. The largest absolute Gasteiger partial charge is 0.462 e. The number of carbonyl (C=O) groups excluding carboxylic acids is 1. The van der Waals surface area contributed by atoms with Crippen LogP contribution in [0.2, 0.25) is 0 Å². The zero-order chi connectivity index (χ0) is 18.3. The number of rotatable bonds is 4. The molecule has 0 amide bonds. The maximum absolute atomic E-state index is 13.1. The fourth-order valence-electron chi connectivity index (χ4n) is 4.00. The third-order valence-corrected chi connectivity index (χ3v) is 5.67. The molecule has 0 N–H and O–H groups in total. The molecule has 26 heavy (non-hydrogen) atoms. The lowest BCUT2D eigenvalue weighted by atomic mass is 9.87. The van der Waals surface area contributed by atoms with E-state index >= 15 is 0 Å². The molecule has 0 aromatic heterocycles. The number of carbonyl (C=O) groups is 1. The number of nitrogens with zero attached hydrogens (tertiary/aromatic N) is 1. The second kappa shape index (κ2) is 6.85. The molecule has 142 valence electrons. The fourth-order valence-corrected chi connectivity index (χ4v) is 4.00. The van der Waals surface area contributed by atoms with E-state index in [2.05, 4.69) is 4.90 Å². The predicted octanol–water partition coefficient (Wildman–Crippen LogP) is 3.22. The number of esters is 1. The molecule has 1 aromatic carbocycles. The summed E-state index contributed by atoms with van der Waals surface area (Å²) in [6.07, 6.45) is -2.45. The van der Waals surface area contributed by atoms with Gasteiger partial charge in [0.1, 0.15) is 6.10 Å². The van der Waals surface area contributed by atoms with Gasteiger partial charge in [-0.3, -0.25) is 9.69 Å². The van der Waals surface area contributed by atoms with E-state index in [1.54, 1.807) is 6.07 Å². The van der Waals surface area contributed by atoms with Gasteiger partial charge < -0.3 is 9.47 Å². The summed E-state index contributed by atoms with van der Waals surface area (Å²) in [7, 11) is 0. The Morgan fingerprint density at radius 3 is 2.50 bits per heavy atom. The standard InChI is InChI=1S/C19H22F3NO3/c20-19(21,22)17-4-2-1-3-14(17)15-11-16(15)18(24)26-13-9-12(10-13)23-5-7-25-8-6-23/h1-4,12-13,15-16H,5-11H2/t12?,13?,15-,16+/m0/s1. The smallest absolute Gasteiger partial charge is 0.416 e. The molecule has 0 spiro atoms. The van der Waals surface area contributed by atoms with Gasteiger partial charge in [-0.1, -0.05) is 18.2 Å². The summed E-state index contributed by atoms with van der Waals surface area (Å²) >= 11 is 0. The molecule has 0 bridgehead atoms. The topological polar surface area (TPSA) is 38.8 Å². The lowest BCUT2D eigenvalue weighted by Crippen LogP contribution is -2.52. The van der Waals surface area contributed by atoms with Crippen molar-refractivity contribution < 1.29 is 27.4 Å². The zero-order valence-electron chi connectivity index (χ0n) is 14.4. The van der Waals surface area contributed by atoms with Crippen molar-refractivity contribution >= 4 is 5.97 Å². The predicted molar refractivity (Wildman–Crippen MR) is 87.6 cm³/mol. The van der Waals surface area contributed by atoms with E-state index in [4.69, 9.17) is 9.47 Å². The first-order chi connectivity index (χ1) is 12.4. The van der Waals surface area contributed by atoms with Crippen LogP contribution in [0.25, 0.3) is 0 Å². The molecular weight excluding hydrogens is 347 g/mol. The quantitative estimate of drug-likeness (QED) is 0.764. The summed E-state index contributed by atoms with van der Waals surface area (Å²) in [5.41, 5.74) is -0.432. The molecule has 3 aliphatic rings. The third kappa shape index (κ3) is 3.60. The molecule has 7 heteroatoms. The lowest BCUT2D eigenvalue weighted by Gasteiger charge is -2.43. The molecule has 3 fully saturated rings. The monoisotopic (exact) mass is 369 g/mol. The minimum Gasteiger partial charge on any atom is -0.462 e. The van der Waals surface area contributed by atoms with Crippen LogP contribution in [0.4, 0.5) is 13.2 Å². The van der Waals surface area contributed by atoms with Gasteiger partial charge in [-0.2, -0.15) is 13.2 Å². The lowest BCUT2D eigenvalue weighted by molar-refractivity contribution is -0.159. The Hall–Kier alpha value is -1.60. The highest BCUT2D eigenvalue weighted by Crippen LogP contribution is 2.52. The zero-order valence-corrected chi connectivity index (χ0v) is 14.4. The van der Waals surface area contributed by atoms with Crippen LogP contribution >= 0.6 is 0 Å². The van der Waals surface area contributed by atoms with E-state index in [1.165, 1.54) is 12.1 Å². The van der Waals surface area contributed by atoms with Crippen molar-refractivity contribution in [1.29, 1.82) is 0 Å². The van der Waals surface area contributed by atoms with Gasteiger partial charge in [0.15, 0.2) is 0 Å². The van der Waals surface area contributed by atoms with Gasteiger partial charge in [-0.05, 0) is 24.0 Å². The summed E-state index contributed by atoms with van der Waals surface area (Å²) in [6.45, 7) is 3.29. The molecule has 1 heterocycles. The highest BCUT2D eigenvalue weighted by atomic mass is 19.4. The molecule has 1 aromatic rings. The van der Waals surface area contributed by atoms with E-state index in [1.807, 2.05) is 0 Å². The summed E-state index contributed by atoms with van der Waals surface area (Å²) in [5.74, 6) is -1.17. The molecule has 2 aliphatic carbocycles. The third-order valence-electron chi connectivity index (χ3n) is 5.67. The number of benzene rings is 1. The van der Waals surface area contributed by atoms with Crippen molar-refractivity contribution in [2.45, 2.75) is 43.5 Å². The first-order valence-corrected chi connectivity index (χ1v) is 9.12. The van der Waals surface area contributed by atoms with Crippen molar-refractivity contribution in [3.63, 3.8) is 0 Å². The van der Waals surface area contributed by atoms with E-state index in [0.717, 1.165) is 45.2 Å². The van der Waals surface area contributed by atoms with Gasteiger partial charge in [0.05, 0.1) is 24.7 Å². The van der Waals surface area contributed by atoms with Crippen LogP contribution in [0.3, 0.4) is 0 Å². The number of hydrogen-bond acceptors (Lipinski definition) is 4. The molecule has 2 atom stereocenters. The minimum absolute atomic E-state index is 0.102. The molecule has 4 nitrogen and oxygen atoms in total. The SMILES string of the molecule is O=C(OC1CC(N2CCOCC2)C1)[C@@H]1C[C@H]1c1ccccc1C(F)(F)F. The maximum Gasteiger partial charge on any atom is 0.416 e. The highest BCUT2D eigenvalue weighted by Gasteiger charge is 2.50. The van der Waals surface area contributed by atoms with Gasteiger partial charge in [-0.25, -0.2) is 0 Å². The Morgan fingerprint density at radius 2 is 1.81 bits per heavy atom. The summed E-state index contributed by atoms with van der Waals surface area (Å²) in [5, 5.41) is 0. The van der Waals surface area contributed by atoms with E-state index < -0.39 is 17.7 Å². The minimum atomic E-state index is -4.40. The Bertz CT molecular complexity index is 666. The molecule has 1 saturated heterocycles. The fraction of sp³-hybridized carbons (Fsp3) is 0.632. The van der Waals surface area contributed by atoms with E-state index in [9.17, 15) is 18.0 Å². The second-order valence-corrected chi connectivity index (χ2v) is 7.37. The molecule has 2 saturated carbocycles. The number of hydrogen-bond donors (Lipinski definition) is 0. The summed E-state index contributed by atoms with van der Waals surface area (Å²) in [6, 6.07) is 5.94. The van der Waals surface area contributed by atoms with Crippen LogP contribution in [0.15, 0.2) is 24.3 Å². The van der Waals surface area contributed by atoms with E-state index in [-0.39, 0.29) is 23.6 Å². The highest BCUT2D eigenvalue weighted by molar-refractivity contribution is 5.78. The molecule has 4 rings (SSSR count). The number of morpholine rings is 1. The molecule has 0 radical (unpaired) electrons. The summed E-state index contributed by atoms with van der Waals surface area (Å²) < 4.78 is 50.2. The number of alkyl halides is 3. The Kier molecular flexibility index (Phi) is 4.69. The van der Waals surface area contributed by atoms with Gasteiger partial charge in [0, 0.05) is 32.0 Å². The van der Waals surface area contributed by atoms with Crippen LogP contribution in [-0.2, 0) is 20.4 Å². The van der Waals surface area contributed by atoms with Crippen LogP contribution in [-0.4, -0.2) is 49.3 Å².